The summed E-state index contributed by atoms with van der Waals surface area (Å²) in [7, 11) is -3.54. The maximum absolute atomic E-state index is 12.8. The van der Waals surface area contributed by atoms with Crippen LogP contribution >= 0.6 is 0 Å². The van der Waals surface area contributed by atoms with Crippen LogP contribution in [0.15, 0.2) is 77.9 Å². The van der Waals surface area contributed by atoms with Crippen molar-refractivity contribution in [2.24, 2.45) is 0 Å². The minimum absolute atomic E-state index is 0.296. The highest BCUT2D eigenvalue weighted by atomic mass is 32.2. The summed E-state index contributed by atoms with van der Waals surface area (Å²) in [6.45, 7) is 5.64. The van der Waals surface area contributed by atoms with Gasteiger partial charge in [0.1, 0.15) is 0 Å². The number of benzene rings is 1. The number of aromatic nitrogens is 1. The van der Waals surface area contributed by atoms with E-state index in [1.165, 1.54) is 9.55 Å². The molecule has 1 N–H and O–H groups in total. The van der Waals surface area contributed by atoms with Gasteiger partial charge in [-0.15, -0.1) is 6.58 Å². The van der Waals surface area contributed by atoms with Crippen LogP contribution in [0, 0.1) is 0 Å². The molecular formula is C21H27NO3S. The lowest BCUT2D eigenvalue weighted by molar-refractivity contribution is 0.210. The fraction of sp³-hybridized carbons (Fsp3) is 0.333. The molecule has 26 heavy (non-hydrogen) atoms. The van der Waals surface area contributed by atoms with E-state index in [0.29, 0.717) is 17.7 Å². The highest BCUT2D eigenvalue weighted by Crippen LogP contribution is 2.18. The van der Waals surface area contributed by atoms with Crippen molar-refractivity contribution in [3.8, 4) is 0 Å². The van der Waals surface area contributed by atoms with Crippen molar-refractivity contribution in [3.05, 3.63) is 78.7 Å². The van der Waals surface area contributed by atoms with Crippen LogP contribution in [-0.2, 0) is 16.4 Å². The quantitative estimate of drug-likeness (QED) is 0.631. The highest BCUT2D eigenvalue weighted by molar-refractivity contribution is 7.90. The van der Waals surface area contributed by atoms with Crippen molar-refractivity contribution >= 4 is 10.0 Å². The number of allylic oxidation sites excluding steroid dienone is 2. The van der Waals surface area contributed by atoms with Crippen molar-refractivity contribution in [2.45, 2.75) is 50.0 Å². The summed E-state index contributed by atoms with van der Waals surface area (Å²) in [6, 6.07) is 12.1. The largest absolute Gasteiger partial charge is 0.389 e. The molecule has 5 heteroatoms. The second kappa shape index (κ2) is 9.55. The van der Waals surface area contributed by atoms with Gasteiger partial charge >= 0.3 is 0 Å². The van der Waals surface area contributed by atoms with Crippen LogP contribution in [0.2, 0.25) is 0 Å². The van der Waals surface area contributed by atoms with Gasteiger partial charge in [-0.1, -0.05) is 35.9 Å². The van der Waals surface area contributed by atoms with Crippen LogP contribution in [0.25, 0.3) is 0 Å². The molecule has 1 aromatic carbocycles. The van der Waals surface area contributed by atoms with Crippen LogP contribution in [0.1, 0.15) is 38.3 Å². The van der Waals surface area contributed by atoms with Gasteiger partial charge in [-0.05, 0) is 63.3 Å². The van der Waals surface area contributed by atoms with E-state index in [1.807, 2.05) is 6.07 Å². The third-order valence-corrected chi connectivity index (χ3v) is 6.07. The number of rotatable bonds is 10. The van der Waals surface area contributed by atoms with Crippen LogP contribution in [0.3, 0.4) is 0 Å². The minimum Gasteiger partial charge on any atom is -0.389 e. The van der Waals surface area contributed by atoms with Crippen LogP contribution in [0.5, 0.6) is 0 Å². The molecule has 0 bridgehead atoms. The summed E-state index contributed by atoms with van der Waals surface area (Å²) in [5, 5.41) is 9.48. The Kier molecular flexibility index (Phi) is 7.42. The van der Waals surface area contributed by atoms with Crippen molar-refractivity contribution < 1.29 is 13.5 Å². The Balaban J connectivity index is 1.97. The van der Waals surface area contributed by atoms with E-state index in [4.69, 9.17) is 0 Å². The van der Waals surface area contributed by atoms with Gasteiger partial charge in [-0.3, -0.25) is 0 Å². The Bertz CT molecular complexity index is 835. The number of hydrogen-bond acceptors (Lipinski definition) is 3. The first-order chi connectivity index (χ1) is 12.4. The lowest BCUT2D eigenvalue weighted by Gasteiger charge is -2.10. The van der Waals surface area contributed by atoms with Crippen molar-refractivity contribution in [1.82, 2.24) is 3.97 Å². The zero-order chi connectivity index (χ0) is 19.0. The predicted octanol–water partition coefficient (Wildman–Crippen LogP) is 4.32. The minimum atomic E-state index is -3.54. The maximum atomic E-state index is 12.8. The first-order valence-corrected chi connectivity index (χ1v) is 10.3. The van der Waals surface area contributed by atoms with E-state index in [-0.39, 0.29) is 0 Å². The molecule has 0 aliphatic rings. The number of aliphatic hydroxyl groups is 1. The van der Waals surface area contributed by atoms with E-state index >= 15 is 0 Å². The molecule has 0 radical (unpaired) electrons. The Morgan fingerprint density at radius 3 is 2.65 bits per heavy atom. The maximum Gasteiger partial charge on any atom is 0.267 e. The normalized spacial score (nSPS) is 13.5. The molecule has 1 atom stereocenters. The second-order valence-electron chi connectivity index (χ2n) is 6.40. The smallest absolute Gasteiger partial charge is 0.267 e. The molecule has 4 nitrogen and oxygen atoms in total. The van der Waals surface area contributed by atoms with Gasteiger partial charge in [-0.25, -0.2) is 12.4 Å². The van der Waals surface area contributed by atoms with E-state index in [9.17, 15) is 13.5 Å². The van der Waals surface area contributed by atoms with E-state index in [0.717, 1.165) is 25.0 Å². The van der Waals surface area contributed by atoms with Crippen molar-refractivity contribution in [1.29, 1.82) is 0 Å². The second-order valence-corrected chi connectivity index (χ2v) is 8.21. The van der Waals surface area contributed by atoms with E-state index in [2.05, 4.69) is 19.6 Å². The predicted molar refractivity (Wildman–Crippen MR) is 106 cm³/mol. The highest BCUT2D eigenvalue weighted by Gasteiger charge is 2.18. The van der Waals surface area contributed by atoms with Crippen molar-refractivity contribution in [3.63, 3.8) is 0 Å². The lowest BCUT2D eigenvalue weighted by Crippen LogP contribution is -2.14. The summed E-state index contributed by atoms with van der Waals surface area (Å²) >= 11 is 0. The van der Waals surface area contributed by atoms with Crippen LogP contribution in [0.4, 0.5) is 0 Å². The third-order valence-electron chi connectivity index (χ3n) is 4.33. The summed E-state index contributed by atoms with van der Waals surface area (Å²) in [6.07, 6.45) is 8.86. The van der Waals surface area contributed by atoms with Gasteiger partial charge in [0.2, 0.25) is 0 Å². The Morgan fingerprint density at radius 2 is 1.96 bits per heavy atom. The SMILES string of the molecule is C=CC(O)CCC/C(C)=C/CCc1cccn1S(=O)(=O)c1ccccc1. The zero-order valence-electron chi connectivity index (χ0n) is 15.2. The zero-order valence-corrected chi connectivity index (χ0v) is 16.0. The molecular weight excluding hydrogens is 346 g/mol. The Hall–Kier alpha value is -2.11. The molecule has 0 fully saturated rings. The van der Waals surface area contributed by atoms with E-state index in [1.54, 1.807) is 48.7 Å². The van der Waals surface area contributed by atoms with Crippen LogP contribution < -0.4 is 0 Å². The summed E-state index contributed by atoms with van der Waals surface area (Å²) in [4.78, 5) is 0.296. The fourth-order valence-electron chi connectivity index (χ4n) is 2.81. The lowest BCUT2D eigenvalue weighted by atomic mass is 10.1. The van der Waals surface area contributed by atoms with Gasteiger partial charge < -0.3 is 5.11 Å². The third kappa shape index (κ3) is 5.44. The standard InChI is InChI=1S/C21H27NO3S/c1-3-20(23)14-8-11-18(2)10-7-12-19-13-9-17-22(19)26(24,25)21-15-5-4-6-16-21/h3-6,9-10,13,15-17,20,23H,1,7-8,11-12,14H2,2H3/b18-10+. The Morgan fingerprint density at radius 1 is 1.23 bits per heavy atom. The average molecular weight is 374 g/mol. The van der Waals surface area contributed by atoms with Gasteiger partial charge in [0, 0.05) is 11.9 Å². The van der Waals surface area contributed by atoms with Gasteiger partial charge in [0.25, 0.3) is 10.0 Å². The molecule has 0 aliphatic heterocycles. The number of aliphatic hydroxyl groups excluding tert-OH is 1. The summed E-state index contributed by atoms with van der Waals surface area (Å²) < 4.78 is 26.9. The van der Waals surface area contributed by atoms with Gasteiger partial charge in [-0.2, -0.15) is 0 Å². The number of aryl methyl sites for hydroxylation is 1. The summed E-state index contributed by atoms with van der Waals surface area (Å²) in [5.74, 6) is 0. The average Bonchev–Trinajstić information content (AvgIpc) is 3.11. The molecule has 1 aromatic heterocycles. The first-order valence-electron chi connectivity index (χ1n) is 8.88. The molecule has 2 aromatic rings. The summed E-state index contributed by atoms with van der Waals surface area (Å²) in [5.41, 5.74) is 2.03. The molecule has 140 valence electrons. The molecule has 0 aliphatic carbocycles. The molecule has 1 heterocycles. The first kappa shape index (κ1) is 20.2. The topological polar surface area (TPSA) is 59.3 Å². The van der Waals surface area contributed by atoms with Crippen molar-refractivity contribution in [2.75, 3.05) is 0 Å². The van der Waals surface area contributed by atoms with Gasteiger partial charge in [0.15, 0.2) is 0 Å². The number of hydrogen-bond donors (Lipinski definition) is 1. The molecule has 0 saturated carbocycles. The molecule has 2 rings (SSSR count). The van der Waals surface area contributed by atoms with Crippen LogP contribution in [-0.4, -0.2) is 23.6 Å². The van der Waals surface area contributed by atoms with Gasteiger partial charge in [0.05, 0.1) is 11.0 Å². The van der Waals surface area contributed by atoms with E-state index < -0.39 is 16.1 Å². The Labute approximate surface area is 156 Å². The molecule has 1 unspecified atom stereocenters. The molecule has 0 amide bonds. The molecule has 0 saturated heterocycles. The number of nitrogens with zero attached hydrogens (tertiary/aromatic N) is 1. The fourth-order valence-corrected chi connectivity index (χ4v) is 4.23. The monoisotopic (exact) mass is 373 g/mol. The molecule has 0 spiro atoms.